The molecule has 0 atom stereocenters. The number of aryl methyl sites for hydroxylation is 2. The van der Waals surface area contributed by atoms with E-state index in [1.54, 1.807) is 11.7 Å². The summed E-state index contributed by atoms with van der Waals surface area (Å²) < 4.78 is 1.57. The fourth-order valence-electron chi connectivity index (χ4n) is 1.56. The molecule has 0 spiro atoms. The normalized spacial score (nSPS) is 10.7. The molecular formula is C10H18N2O. The van der Waals surface area contributed by atoms with Crippen molar-refractivity contribution in [2.45, 2.75) is 39.5 Å². The monoisotopic (exact) mass is 182 g/mol. The summed E-state index contributed by atoms with van der Waals surface area (Å²) in [6.07, 6.45) is 4.02. The van der Waals surface area contributed by atoms with Gasteiger partial charge in [0.05, 0.1) is 5.69 Å². The molecule has 0 aliphatic rings. The molecule has 0 bridgehead atoms. The van der Waals surface area contributed by atoms with Crippen LogP contribution in [0, 0.1) is 0 Å². The maximum atomic E-state index is 9.68. The summed E-state index contributed by atoms with van der Waals surface area (Å²) in [4.78, 5) is 0. The summed E-state index contributed by atoms with van der Waals surface area (Å²) in [5, 5.41) is 14.0. The number of nitrogens with zero attached hydrogens (tertiary/aromatic N) is 2. The van der Waals surface area contributed by atoms with Crippen LogP contribution >= 0.6 is 0 Å². The number of rotatable bonds is 4. The molecule has 0 aromatic carbocycles. The van der Waals surface area contributed by atoms with Crippen LogP contribution in [0.15, 0.2) is 0 Å². The van der Waals surface area contributed by atoms with Gasteiger partial charge in [0.1, 0.15) is 0 Å². The molecule has 1 rings (SSSR count). The molecule has 0 saturated heterocycles. The van der Waals surface area contributed by atoms with Crippen LogP contribution in [0.25, 0.3) is 0 Å². The first-order valence-corrected chi connectivity index (χ1v) is 4.94. The highest BCUT2D eigenvalue weighted by Crippen LogP contribution is 2.22. The van der Waals surface area contributed by atoms with Gasteiger partial charge in [-0.2, -0.15) is 5.10 Å². The second-order valence-corrected chi connectivity index (χ2v) is 3.37. The minimum atomic E-state index is 0.338. The highest BCUT2D eigenvalue weighted by molar-refractivity contribution is 5.30. The average molecular weight is 182 g/mol. The first kappa shape index (κ1) is 10.1. The number of hydrogen-bond acceptors (Lipinski definition) is 2. The van der Waals surface area contributed by atoms with E-state index in [0.717, 1.165) is 36.9 Å². The van der Waals surface area contributed by atoms with E-state index in [1.165, 1.54) is 0 Å². The third-order valence-corrected chi connectivity index (χ3v) is 2.18. The molecule has 0 saturated carbocycles. The van der Waals surface area contributed by atoms with Crippen molar-refractivity contribution in [2.24, 2.45) is 7.05 Å². The van der Waals surface area contributed by atoms with Gasteiger partial charge in [-0.05, 0) is 12.8 Å². The first-order chi connectivity index (χ1) is 6.20. The minimum absolute atomic E-state index is 0.338. The van der Waals surface area contributed by atoms with E-state index in [-0.39, 0.29) is 0 Å². The van der Waals surface area contributed by atoms with Crippen LogP contribution in [0.4, 0.5) is 0 Å². The molecule has 0 amide bonds. The predicted molar refractivity (Wildman–Crippen MR) is 52.9 cm³/mol. The third-order valence-electron chi connectivity index (χ3n) is 2.18. The summed E-state index contributed by atoms with van der Waals surface area (Å²) >= 11 is 0. The fourth-order valence-corrected chi connectivity index (χ4v) is 1.56. The van der Waals surface area contributed by atoms with Crippen LogP contribution in [-0.4, -0.2) is 14.9 Å². The van der Waals surface area contributed by atoms with Gasteiger partial charge in [0.15, 0.2) is 0 Å². The fraction of sp³-hybridized carbons (Fsp3) is 0.700. The largest absolute Gasteiger partial charge is 0.493 e. The van der Waals surface area contributed by atoms with Crippen LogP contribution in [0.5, 0.6) is 5.88 Å². The standard InChI is InChI=1S/C10H18N2O/c1-4-6-8-9(7-5-2)11-12(3)10(8)13/h13H,4-7H2,1-3H3. The lowest BCUT2D eigenvalue weighted by Crippen LogP contribution is -1.92. The Bertz CT molecular complexity index is 279. The zero-order valence-corrected chi connectivity index (χ0v) is 8.67. The van der Waals surface area contributed by atoms with E-state index in [2.05, 4.69) is 18.9 Å². The van der Waals surface area contributed by atoms with Gasteiger partial charge in [-0.25, -0.2) is 4.68 Å². The lowest BCUT2D eigenvalue weighted by atomic mass is 10.1. The van der Waals surface area contributed by atoms with Crippen molar-refractivity contribution in [1.82, 2.24) is 9.78 Å². The van der Waals surface area contributed by atoms with Crippen molar-refractivity contribution in [3.63, 3.8) is 0 Å². The van der Waals surface area contributed by atoms with E-state index in [1.807, 2.05) is 0 Å². The highest BCUT2D eigenvalue weighted by Gasteiger charge is 2.12. The Kier molecular flexibility index (Phi) is 3.34. The van der Waals surface area contributed by atoms with Gasteiger partial charge in [0.25, 0.3) is 0 Å². The van der Waals surface area contributed by atoms with E-state index >= 15 is 0 Å². The zero-order valence-electron chi connectivity index (χ0n) is 8.67. The summed E-state index contributed by atoms with van der Waals surface area (Å²) in [6, 6.07) is 0. The van der Waals surface area contributed by atoms with Crippen molar-refractivity contribution in [1.29, 1.82) is 0 Å². The molecular weight excluding hydrogens is 164 g/mol. The average Bonchev–Trinajstić information content (AvgIpc) is 2.34. The maximum absolute atomic E-state index is 9.68. The zero-order chi connectivity index (χ0) is 9.84. The van der Waals surface area contributed by atoms with Gasteiger partial charge in [-0.3, -0.25) is 0 Å². The Morgan fingerprint density at radius 3 is 2.38 bits per heavy atom. The molecule has 3 heteroatoms. The smallest absolute Gasteiger partial charge is 0.212 e. The first-order valence-electron chi connectivity index (χ1n) is 4.94. The van der Waals surface area contributed by atoms with E-state index < -0.39 is 0 Å². The Hall–Kier alpha value is -0.990. The third kappa shape index (κ3) is 2.02. The van der Waals surface area contributed by atoms with Crippen LogP contribution in [0.2, 0.25) is 0 Å². The number of aromatic nitrogens is 2. The molecule has 74 valence electrons. The van der Waals surface area contributed by atoms with E-state index in [0.29, 0.717) is 5.88 Å². The molecule has 0 fully saturated rings. The van der Waals surface area contributed by atoms with Crippen molar-refractivity contribution in [2.75, 3.05) is 0 Å². The van der Waals surface area contributed by atoms with Crippen LogP contribution in [0.3, 0.4) is 0 Å². The number of aromatic hydroxyl groups is 1. The van der Waals surface area contributed by atoms with Crippen molar-refractivity contribution < 1.29 is 5.11 Å². The Morgan fingerprint density at radius 1 is 1.23 bits per heavy atom. The summed E-state index contributed by atoms with van der Waals surface area (Å²) in [5.41, 5.74) is 2.09. The Balaban J connectivity index is 2.96. The summed E-state index contributed by atoms with van der Waals surface area (Å²) in [6.45, 7) is 4.24. The molecule has 13 heavy (non-hydrogen) atoms. The van der Waals surface area contributed by atoms with Crippen LogP contribution in [0.1, 0.15) is 37.9 Å². The minimum Gasteiger partial charge on any atom is -0.493 e. The topological polar surface area (TPSA) is 38.0 Å². The molecule has 0 aliphatic heterocycles. The van der Waals surface area contributed by atoms with E-state index in [9.17, 15) is 5.11 Å². The lowest BCUT2D eigenvalue weighted by molar-refractivity contribution is 0.413. The van der Waals surface area contributed by atoms with Gasteiger partial charge in [-0.15, -0.1) is 0 Å². The van der Waals surface area contributed by atoms with Gasteiger partial charge in [-0.1, -0.05) is 26.7 Å². The molecule has 1 aromatic heterocycles. The summed E-state index contributed by atoms with van der Waals surface area (Å²) in [7, 11) is 1.79. The molecule has 0 radical (unpaired) electrons. The van der Waals surface area contributed by atoms with Gasteiger partial charge < -0.3 is 5.11 Å². The van der Waals surface area contributed by atoms with Gasteiger partial charge in [0, 0.05) is 12.6 Å². The second kappa shape index (κ2) is 4.30. The van der Waals surface area contributed by atoms with Crippen molar-refractivity contribution >= 4 is 0 Å². The molecule has 1 aromatic rings. The molecule has 3 nitrogen and oxygen atoms in total. The lowest BCUT2D eigenvalue weighted by Gasteiger charge is -1.98. The van der Waals surface area contributed by atoms with Crippen molar-refractivity contribution in [3.8, 4) is 5.88 Å². The van der Waals surface area contributed by atoms with E-state index in [4.69, 9.17) is 0 Å². The Morgan fingerprint density at radius 2 is 1.85 bits per heavy atom. The Labute approximate surface area is 79.4 Å². The van der Waals surface area contributed by atoms with Crippen LogP contribution in [-0.2, 0) is 19.9 Å². The van der Waals surface area contributed by atoms with Gasteiger partial charge >= 0.3 is 0 Å². The van der Waals surface area contributed by atoms with Gasteiger partial charge in [0.2, 0.25) is 5.88 Å². The second-order valence-electron chi connectivity index (χ2n) is 3.37. The van der Waals surface area contributed by atoms with Crippen molar-refractivity contribution in [3.05, 3.63) is 11.3 Å². The molecule has 0 aliphatic carbocycles. The number of hydrogen-bond donors (Lipinski definition) is 1. The van der Waals surface area contributed by atoms with Crippen LogP contribution < -0.4 is 0 Å². The highest BCUT2D eigenvalue weighted by atomic mass is 16.3. The predicted octanol–water partition coefficient (Wildman–Crippen LogP) is 2.03. The molecule has 1 N–H and O–H groups in total. The molecule has 0 unspecified atom stereocenters. The quantitative estimate of drug-likeness (QED) is 0.773. The SMILES string of the molecule is CCCc1nn(C)c(O)c1CCC. The summed E-state index contributed by atoms with van der Waals surface area (Å²) in [5.74, 6) is 0.338. The maximum Gasteiger partial charge on any atom is 0.212 e. The molecule has 1 heterocycles.